The first kappa shape index (κ1) is 12.1. The second-order valence-electron chi connectivity index (χ2n) is 2.75. The summed E-state index contributed by atoms with van der Waals surface area (Å²) in [7, 11) is 1.59. The predicted octanol–water partition coefficient (Wildman–Crippen LogP) is 1.68. The Morgan fingerprint density at radius 2 is 2.33 bits per heavy atom. The lowest BCUT2D eigenvalue weighted by molar-refractivity contribution is 0.101. The quantitative estimate of drug-likeness (QED) is 0.450. The monoisotopic (exact) mass is 273 g/mol. The number of hydrogen-bond donors (Lipinski definition) is 0. The van der Waals surface area contributed by atoms with E-state index in [9.17, 15) is 4.79 Å². The van der Waals surface area contributed by atoms with E-state index < -0.39 is 0 Å². The molecule has 0 saturated carbocycles. The minimum absolute atomic E-state index is 0.0458. The molecule has 0 unspecified atom stereocenters. The molecule has 15 heavy (non-hydrogen) atoms. The summed E-state index contributed by atoms with van der Waals surface area (Å²) in [6.45, 7) is 0.856. The molecule has 0 saturated heterocycles. The zero-order chi connectivity index (χ0) is 11.1. The molecule has 0 N–H and O–H groups in total. The van der Waals surface area contributed by atoms with Crippen LogP contribution in [0.1, 0.15) is 10.4 Å². The highest BCUT2D eigenvalue weighted by Gasteiger charge is 2.11. The average molecular weight is 274 g/mol. The standard InChI is InChI=1S/C10H12BrNO3/c1-14-5-6-15-10-8(9(13)7-11)3-2-4-12-10/h2-4H,5-7H2,1H3. The topological polar surface area (TPSA) is 48.4 Å². The van der Waals surface area contributed by atoms with Gasteiger partial charge >= 0.3 is 0 Å². The highest BCUT2D eigenvalue weighted by Crippen LogP contribution is 2.15. The molecule has 0 radical (unpaired) electrons. The summed E-state index contributed by atoms with van der Waals surface area (Å²) < 4.78 is 10.2. The number of alkyl halides is 1. The van der Waals surface area contributed by atoms with Crippen LogP contribution < -0.4 is 4.74 Å². The highest BCUT2D eigenvalue weighted by molar-refractivity contribution is 9.09. The Hall–Kier alpha value is -0.940. The smallest absolute Gasteiger partial charge is 0.224 e. The largest absolute Gasteiger partial charge is 0.475 e. The van der Waals surface area contributed by atoms with E-state index in [0.29, 0.717) is 24.7 Å². The summed E-state index contributed by atoms with van der Waals surface area (Å²) in [6, 6.07) is 3.40. The van der Waals surface area contributed by atoms with Crippen LogP contribution in [-0.4, -0.2) is 36.4 Å². The van der Waals surface area contributed by atoms with Crippen LogP contribution in [0.15, 0.2) is 18.3 Å². The normalized spacial score (nSPS) is 10.0. The first-order chi connectivity index (χ1) is 7.29. The van der Waals surface area contributed by atoms with Crippen LogP contribution in [0, 0.1) is 0 Å². The molecule has 1 rings (SSSR count). The maximum absolute atomic E-state index is 11.5. The lowest BCUT2D eigenvalue weighted by atomic mass is 10.2. The molecule has 0 atom stereocenters. The van der Waals surface area contributed by atoms with Crippen molar-refractivity contribution in [3.63, 3.8) is 0 Å². The molecule has 82 valence electrons. The number of rotatable bonds is 6. The van der Waals surface area contributed by atoms with Crippen molar-refractivity contribution in [1.82, 2.24) is 4.98 Å². The van der Waals surface area contributed by atoms with Crippen LogP contribution in [0.4, 0.5) is 0 Å². The van der Waals surface area contributed by atoms with Gasteiger partial charge in [-0.2, -0.15) is 0 Å². The summed E-state index contributed by atoms with van der Waals surface area (Å²) in [4.78, 5) is 15.5. The number of nitrogens with zero attached hydrogens (tertiary/aromatic N) is 1. The van der Waals surface area contributed by atoms with Gasteiger partial charge in [-0.25, -0.2) is 4.98 Å². The molecule has 0 aromatic carbocycles. The third kappa shape index (κ3) is 3.60. The molecule has 1 aromatic rings. The van der Waals surface area contributed by atoms with E-state index >= 15 is 0 Å². The van der Waals surface area contributed by atoms with Gasteiger partial charge in [0.1, 0.15) is 6.61 Å². The lowest BCUT2D eigenvalue weighted by Crippen LogP contribution is -2.10. The molecular formula is C10H12BrNO3. The number of Topliss-reactive ketones (excluding diaryl/α,β-unsaturated/α-hetero) is 1. The van der Waals surface area contributed by atoms with Crippen LogP contribution in [0.5, 0.6) is 5.88 Å². The first-order valence-corrected chi connectivity index (χ1v) is 5.57. The van der Waals surface area contributed by atoms with Crippen LogP contribution in [0.3, 0.4) is 0 Å². The van der Waals surface area contributed by atoms with Crippen molar-refractivity contribution in [2.75, 3.05) is 25.7 Å². The molecule has 0 aliphatic rings. The van der Waals surface area contributed by atoms with Gasteiger partial charge in [0.25, 0.3) is 0 Å². The minimum Gasteiger partial charge on any atom is -0.475 e. The Kier molecular flexibility index (Phi) is 5.28. The van der Waals surface area contributed by atoms with Crippen LogP contribution >= 0.6 is 15.9 Å². The summed E-state index contributed by atoms with van der Waals surface area (Å²) >= 11 is 3.11. The second kappa shape index (κ2) is 6.53. The van der Waals surface area contributed by atoms with E-state index in [2.05, 4.69) is 20.9 Å². The fourth-order valence-electron chi connectivity index (χ4n) is 1.01. The molecule has 0 aliphatic heterocycles. The number of carbonyl (C=O) groups is 1. The highest BCUT2D eigenvalue weighted by atomic mass is 79.9. The van der Waals surface area contributed by atoms with E-state index in [1.54, 1.807) is 25.4 Å². The minimum atomic E-state index is -0.0458. The fraction of sp³-hybridized carbons (Fsp3) is 0.400. The van der Waals surface area contributed by atoms with E-state index in [1.807, 2.05) is 0 Å². The summed E-state index contributed by atoms with van der Waals surface area (Å²) in [5.41, 5.74) is 0.491. The Morgan fingerprint density at radius 1 is 1.53 bits per heavy atom. The average Bonchev–Trinajstić information content (AvgIpc) is 2.29. The number of hydrogen-bond acceptors (Lipinski definition) is 4. The molecule has 0 spiro atoms. The van der Waals surface area contributed by atoms with Crippen molar-refractivity contribution in [3.8, 4) is 5.88 Å². The van der Waals surface area contributed by atoms with Gasteiger partial charge in [-0.3, -0.25) is 4.79 Å². The molecule has 0 aliphatic carbocycles. The molecule has 1 aromatic heterocycles. The molecule has 1 heterocycles. The van der Waals surface area contributed by atoms with E-state index in [4.69, 9.17) is 9.47 Å². The fourth-order valence-corrected chi connectivity index (χ4v) is 1.31. The molecule has 5 heteroatoms. The summed E-state index contributed by atoms with van der Waals surface area (Å²) in [5.74, 6) is 0.314. The van der Waals surface area contributed by atoms with Gasteiger partial charge in [0.2, 0.25) is 5.88 Å². The van der Waals surface area contributed by atoms with Crippen LogP contribution in [0.2, 0.25) is 0 Å². The summed E-state index contributed by atoms with van der Waals surface area (Å²) in [6.07, 6.45) is 1.59. The lowest BCUT2D eigenvalue weighted by Gasteiger charge is -2.07. The number of pyridine rings is 1. The van der Waals surface area contributed by atoms with Gasteiger partial charge < -0.3 is 9.47 Å². The SMILES string of the molecule is COCCOc1ncccc1C(=O)CBr. The van der Waals surface area contributed by atoms with Gasteiger partial charge in [0, 0.05) is 13.3 Å². The van der Waals surface area contributed by atoms with Crippen LogP contribution in [0.25, 0.3) is 0 Å². The van der Waals surface area contributed by atoms with Crippen molar-refractivity contribution in [2.24, 2.45) is 0 Å². The predicted molar refractivity (Wildman–Crippen MR) is 59.7 cm³/mol. The van der Waals surface area contributed by atoms with Crippen molar-refractivity contribution in [2.45, 2.75) is 0 Å². The van der Waals surface area contributed by atoms with E-state index in [-0.39, 0.29) is 11.1 Å². The van der Waals surface area contributed by atoms with Gasteiger partial charge in [-0.1, -0.05) is 15.9 Å². The van der Waals surface area contributed by atoms with Crippen molar-refractivity contribution < 1.29 is 14.3 Å². The van der Waals surface area contributed by atoms with Gasteiger partial charge in [0.15, 0.2) is 5.78 Å². The third-order valence-corrected chi connectivity index (χ3v) is 2.23. The number of ether oxygens (including phenoxy) is 2. The number of methoxy groups -OCH3 is 1. The molecule has 0 fully saturated rings. The Labute approximate surface area is 96.7 Å². The van der Waals surface area contributed by atoms with Crippen molar-refractivity contribution >= 4 is 21.7 Å². The van der Waals surface area contributed by atoms with Gasteiger partial charge in [-0.05, 0) is 12.1 Å². The maximum Gasteiger partial charge on any atom is 0.224 e. The Morgan fingerprint density at radius 3 is 3.00 bits per heavy atom. The second-order valence-corrected chi connectivity index (χ2v) is 3.31. The van der Waals surface area contributed by atoms with Crippen molar-refractivity contribution in [1.29, 1.82) is 0 Å². The number of carbonyl (C=O) groups excluding carboxylic acids is 1. The van der Waals surface area contributed by atoms with Crippen LogP contribution in [-0.2, 0) is 4.74 Å². The van der Waals surface area contributed by atoms with E-state index in [1.165, 1.54) is 0 Å². The molecule has 0 bridgehead atoms. The first-order valence-electron chi connectivity index (χ1n) is 4.45. The number of aromatic nitrogens is 1. The Balaban J connectivity index is 2.73. The third-order valence-electron chi connectivity index (χ3n) is 1.72. The van der Waals surface area contributed by atoms with E-state index in [0.717, 1.165) is 0 Å². The number of halogens is 1. The summed E-state index contributed by atoms with van der Waals surface area (Å²) in [5, 5.41) is 0.263. The Bertz CT molecular complexity index is 330. The molecular weight excluding hydrogens is 262 g/mol. The van der Waals surface area contributed by atoms with Gasteiger partial charge in [-0.15, -0.1) is 0 Å². The van der Waals surface area contributed by atoms with Gasteiger partial charge in [0.05, 0.1) is 17.5 Å². The molecule has 0 amide bonds. The zero-order valence-corrected chi connectivity index (χ0v) is 9.99. The zero-order valence-electron chi connectivity index (χ0n) is 8.40. The van der Waals surface area contributed by atoms with Crippen molar-refractivity contribution in [3.05, 3.63) is 23.9 Å². The number of ketones is 1. The maximum atomic E-state index is 11.5. The molecule has 4 nitrogen and oxygen atoms in total.